The van der Waals surface area contributed by atoms with Gasteiger partial charge in [-0.2, -0.15) is 0 Å². The number of carbonyl (C=O) groups excluding carboxylic acids is 1. The summed E-state index contributed by atoms with van der Waals surface area (Å²) in [4.78, 5) is 14.0. The Morgan fingerprint density at radius 3 is 2.61 bits per heavy atom. The molecule has 0 aromatic heterocycles. The first-order valence-corrected chi connectivity index (χ1v) is 6.35. The van der Waals surface area contributed by atoms with Gasteiger partial charge in [-0.15, -0.1) is 0 Å². The zero-order valence-corrected chi connectivity index (χ0v) is 10.7. The Bertz CT molecular complexity index is 476. The van der Waals surface area contributed by atoms with Gasteiger partial charge in [-0.1, -0.05) is 12.7 Å². The van der Waals surface area contributed by atoms with Gasteiger partial charge in [0.25, 0.3) is 5.91 Å². The first-order chi connectivity index (χ1) is 8.63. The van der Waals surface area contributed by atoms with Crippen LogP contribution in [0.1, 0.15) is 40.7 Å². The van der Waals surface area contributed by atoms with E-state index in [1.54, 1.807) is 17.0 Å². The monoisotopic (exact) mass is 247 g/mol. The molecule has 1 aliphatic heterocycles. The second-order valence-corrected chi connectivity index (χ2v) is 4.75. The van der Waals surface area contributed by atoms with E-state index in [4.69, 9.17) is 0 Å². The molecule has 2 nitrogen and oxygen atoms in total. The topological polar surface area (TPSA) is 20.3 Å². The second kappa shape index (κ2) is 5.34. The molecule has 1 heterocycles. The van der Waals surface area contributed by atoms with Gasteiger partial charge in [0.05, 0.1) is 5.56 Å². The van der Waals surface area contributed by atoms with Crippen molar-refractivity contribution in [3.05, 3.63) is 41.2 Å². The lowest BCUT2D eigenvalue weighted by Gasteiger charge is -2.27. The first-order valence-electron chi connectivity index (χ1n) is 6.35. The molecular formula is C15H18FNO. The summed E-state index contributed by atoms with van der Waals surface area (Å²) in [6.07, 6.45) is 4.82. The van der Waals surface area contributed by atoms with E-state index < -0.39 is 5.82 Å². The quantitative estimate of drug-likeness (QED) is 0.784. The Morgan fingerprint density at radius 1 is 1.33 bits per heavy atom. The average molecular weight is 247 g/mol. The lowest BCUT2D eigenvalue weighted by Crippen LogP contribution is -2.36. The van der Waals surface area contributed by atoms with E-state index in [2.05, 4.69) is 6.58 Å². The smallest absolute Gasteiger partial charge is 0.256 e. The molecule has 0 unspecified atom stereocenters. The maximum absolute atomic E-state index is 13.9. The first kappa shape index (κ1) is 12.8. The zero-order chi connectivity index (χ0) is 13.1. The van der Waals surface area contributed by atoms with E-state index in [9.17, 15) is 9.18 Å². The molecule has 0 atom stereocenters. The molecule has 0 N–H and O–H groups in total. The highest BCUT2D eigenvalue weighted by atomic mass is 19.1. The molecule has 2 rings (SSSR count). The Hall–Kier alpha value is -1.64. The number of nitrogens with zero attached hydrogens (tertiary/aromatic N) is 1. The fourth-order valence-electron chi connectivity index (χ4n) is 2.34. The molecule has 1 fully saturated rings. The van der Waals surface area contributed by atoms with Gasteiger partial charge in [-0.3, -0.25) is 4.79 Å². The fourth-order valence-corrected chi connectivity index (χ4v) is 2.34. The van der Waals surface area contributed by atoms with E-state index in [0.29, 0.717) is 0 Å². The van der Waals surface area contributed by atoms with Gasteiger partial charge in [0.2, 0.25) is 0 Å². The molecule has 1 aliphatic rings. The molecule has 0 aliphatic carbocycles. The summed E-state index contributed by atoms with van der Waals surface area (Å²) in [5, 5.41) is 0. The van der Waals surface area contributed by atoms with Crippen LogP contribution < -0.4 is 0 Å². The van der Waals surface area contributed by atoms with Crippen molar-refractivity contribution in [3.8, 4) is 0 Å². The molecule has 96 valence electrons. The number of hydrogen-bond donors (Lipinski definition) is 0. The molecule has 0 radical (unpaired) electrons. The highest BCUT2D eigenvalue weighted by Crippen LogP contribution is 2.20. The predicted molar refractivity (Wildman–Crippen MR) is 71.0 cm³/mol. The minimum atomic E-state index is -0.436. The number of rotatable bonds is 2. The SMILES string of the molecule is C=Cc1cc(C(=O)N2CCCCC2)c(F)cc1C. The van der Waals surface area contributed by atoms with Gasteiger partial charge in [0.1, 0.15) is 5.82 Å². The summed E-state index contributed by atoms with van der Waals surface area (Å²) < 4.78 is 13.9. The number of benzene rings is 1. The van der Waals surface area contributed by atoms with Crippen LogP contribution in [0.25, 0.3) is 6.08 Å². The summed E-state index contributed by atoms with van der Waals surface area (Å²) in [5.41, 5.74) is 1.78. The van der Waals surface area contributed by atoms with Crippen LogP contribution in [0, 0.1) is 12.7 Å². The van der Waals surface area contributed by atoms with Crippen molar-refractivity contribution in [1.82, 2.24) is 4.90 Å². The third-order valence-corrected chi connectivity index (χ3v) is 3.45. The number of halogens is 1. The minimum absolute atomic E-state index is 0.164. The summed E-state index contributed by atoms with van der Waals surface area (Å²) in [6, 6.07) is 3.02. The molecule has 1 aromatic carbocycles. The predicted octanol–water partition coefficient (Wildman–Crippen LogP) is 3.40. The molecule has 1 amide bonds. The van der Waals surface area contributed by atoms with Gasteiger partial charge in [-0.05, 0) is 49.4 Å². The lowest BCUT2D eigenvalue weighted by atomic mass is 10.0. The lowest BCUT2D eigenvalue weighted by molar-refractivity contribution is 0.0719. The highest BCUT2D eigenvalue weighted by molar-refractivity contribution is 5.95. The van der Waals surface area contributed by atoms with Crippen molar-refractivity contribution < 1.29 is 9.18 Å². The fraction of sp³-hybridized carbons (Fsp3) is 0.400. The van der Waals surface area contributed by atoms with Gasteiger partial charge in [0.15, 0.2) is 0 Å². The summed E-state index contributed by atoms with van der Waals surface area (Å²) in [7, 11) is 0. The van der Waals surface area contributed by atoms with Crippen molar-refractivity contribution in [2.24, 2.45) is 0 Å². The van der Waals surface area contributed by atoms with Gasteiger partial charge in [0, 0.05) is 13.1 Å². The van der Waals surface area contributed by atoms with Crippen LogP contribution in [0.2, 0.25) is 0 Å². The zero-order valence-electron chi connectivity index (χ0n) is 10.7. The summed E-state index contributed by atoms with van der Waals surface area (Å²) in [5.74, 6) is -0.635. The van der Waals surface area contributed by atoms with Crippen LogP contribution in [0.4, 0.5) is 4.39 Å². The number of likely N-dealkylation sites (tertiary alicyclic amines) is 1. The maximum atomic E-state index is 13.9. The second-order valence-electron chi connectivity index (χ2n) is 4.75. The van der Waals surface area contributed by atoms with E-state index in [1.807, 2.05) is 6.92 Å². The van der Waals surface area contributed by atoms with Crippen LogP contribution >= 0.6 is 0 Å². The third kappa shape index (κ3) is 2.45. The standard InChI is InChI=1S/C15H18FNO/c1-3-12-10-13(14(16)9-11(12)2)15(18)17-7-5-4-6-8-17/h3,9-10H,1,4-8H2,2H3. The number of carbonyl (C=O) groups is 1. The Labute approximate surface area is 107 Å². The van der Waals surface area contributed by atoms with Gasteiger partial charge in [-0.25, -0.2) is 4.39 Å². The molecule has 0 bridgehead atoms. The molecule has 0 saturated carbocycles. The minimum Gasteiger partial charge on any atom is -0.339 e. The van der Waals surface area contributed by atoms with E-state index in [-0.39, 0.29) is 11.5 Å². The summed E-state index contributed by atoms with van der Waals surface area (Å²) >= 11 is 0. The number of amides is 1. The molecule has 1 saturated heterocycles. The molecule has 1 aromatic rings. The van der Waals surface area contributed by atoms with Crippen molar-refractivity contribution >= 4 is 12.0 Å². The van der Waals surface area contributed by atoms with Crippen LogP contribution in [0.15, 0.2) is 18.7 Å². The average Bonchev–Trinajstić information content (AvgIpc) is 2.39. The van der Waals surface area contributed by atoms with Gasteiger partial charge >= 0.3 is 0 Å². The number of hydrogen-bond acceptors (Lipinski definition) is 1. The van der Waals surface area contributed by atoms with Crippen molar-refractivity contribution in [1.29, 1.82) is 0 Å². The molecule has 18 heavy (non-hydrogen) atoms. The van der Waals surface area contributed by atoms with Crippen molar-refractivity contribution in [2.45, 2.75) is 26.2 Å². The third-order valence-electron chi connectivity index (χ3n) is 3.45. The largest absolute Gasteiger partial charge is 0.339 e. The molecular weight excluding hydrogens is 229 g/mol. The Balaban J connectivity index is 2.31. The Kier molecular flexibility index (Phi) is 3.80. The molecule has 0 spiro atoms. The van der Waals surface area contributed by atoms with Crippen molar-refractivity contribution in [2.75, 3.05) is 13.1 Å². The Morgan fingerprint density at radius 2 is 2.00 bits per heavy atom. The van der Waals surface area contributed by atoms with Crippen LogP contribution in [-0.2, 0) is 0 Å². The van der Waals surface area contributed by atoms with E-state index >= 15 is 0 Å². The summed E-state index contributed by atoms with van der Waals surface area (Å²) in [6.45, 7) is 6.97. The van der Waals surface area contributed by atoms with E-state index in [0.717, 1.165) is 43.5 Å². The number of piperidine rings is 1. The highest BCUT2D eigenvalue weighted by Gasteiger charge is 2.21. The van der Waals surface area contributed by atoms with Crippen molar-refractivity contribution in [3.63, 3.8) is 0 Å². The van der Waals surface area contributed by atoms with Crippen LogP contribution in [0.5, 0.6) is 0 Å². The van der Waals surface area contributed by atoms with E-state index in [1.165, 1.54) is 6.07 Å². The number of aryl methyl sites for hydroxylation is 1. The maximum Gasteiger partial charge on any atom is 0.256 e. The normalized spacial score (nSPS) is 15.6. The van der Waals surface area contributed by atoms with Gasteiger partial charge < -0.3 is 4.90 Å². The molecule has 3 heteroatoms. The van der Waals surface area contributed by atoms with Crippen LogP contribution in [-0.4, -0.2) is 23.9 Å². The van der Waals surface area contributed by atoms with Crippen LogP contribution in [0.3, 0.4) is 0 Å².